The molecule has 21 heavy (non-hydrogen) atoms. The molecule has 2 rings (SSSR count). The minimum Gasteiger partial charge on any atom is -0.373 e. The Morgan fingerprint density at radius 3 is 2.33 bits per heavy atom. The van der Waals surface area contributed by atoms with Crippen molar-refractivity contribution in [2.75, 3.05) is 13.2 Å². The normalized spacial score (nSPS) is 20.0. The molecule has 0 saturated heterocycles. The van der Waals surface area contributed by atoms with Crippen LogP contribution >= 0.6 is 0 Å². The summed E-state index contributed by atoms with van der Waals surface area (Å²) in [6, 6.07) is 9.08. The highest BCUT2D eigenvalue weighted by Crippen LogP contribution is 2.41. The number of benzene rings is 1. The highest BCUT2D eigenvalue weighted by atomic mass is 16.5. The van der Waals surface area contributed by atoms with Gasteiger partial charge >= 0.3 is 0 Å². The van der Waals surface area contributed by atoms with Gasteiger partial charge in [0.05, 0.1) is 11.6 Å². The predicted molar refractivity (Wildman–Crippen MR) is 89.7 cm³/mol. The number of ether oxygens (including phenoxy) is 1. The van der Waals surface area contributed by atoms with Crippen LogP contribution in [0.15, 0.2) is 24.3 Å². The quantitative estimate of drug-likeness (QED) is 0.761. The predicted octanol–water partition coefficient (Wildman–Crippen LogP) is 4.78. The molecule has 1 N–H and O–H groups in total. The molecule has 1 unspecified atom stereocenters. The van der Waals surface area contributed by atoms with Crippen LogP contribution in [0.1, 0.15) is 69.5 Å². The van der Waals surface area contributed by atoms with Crippen molar-refractivity contribution in [2.45, 2.75) is 70.9 Å². The maximum Gasteiger partial charge on any atom is 0.0876 e. The second-order valence-corrected chi connectivity index (χ2v) is 6.26. The first-order valence-corrected chi connectivity index (χ1v) is 8.66. The van der Waals surface area contributed by atoms with E-state index in [1.165, 1.54) is 49.7 Å². The van der Waals surface area contributed by atoms with E-state index in [9.17, 15) is 0 Å². The van der Waals surface area contributed by atoms with Crippen LogP contribution in [0.25, 0.3) is 0 Å². The van der Waals surface area contributed by atoms with Crippen molar-refractivity contribution >= 4 is 0 Å². The monoisotopic (exact) mass is 289 g/mol. The van der Waals surface area contributed by atoms with Gasteiger partial charge in [-0.1, -0.05) is 56.9 Å². The summed E-state index contributed by atoms with van der Waals surface area (Å²) in [6.45, 7) is 8.33. The van der Waals surface area contributed by atoms with Crippen molar-refractivity contribution in [3.8, 4) is 0 Å². The molecule has 0 amide bonds. The van der Waals surface area contributed by atoms with E-state index in [0.717, 1.165) is 13.2 Å². The molecule has 1 aromatic carbocycles. The zero-order valence-electron chi connectivity index (χ0n) is 14.0. The molecule has 0 heterocycles. The number of rotatable bonds is 6. The lowest BCUT2D eigenvalue weighted by Gasteiger charge is -2.41. The Labute approximate surface area is 130 Å². The zero-order valence-corrected chi connectivity index (χ0v) is 14.0. The van der Waals surface area contributed by atoms with E-state index in [2.05, 4.69) is 50.4 Å². The fourth-order valence-electron chi connectivity index (χ4n) is 3.82. The van der Waals surface area contributed by atoms with Gasteiger partial charge in [-0.25, -0.2) is 0 Å². The molecule has 0 radical (unpaired) electrons. The van der Waals surface area contributed by atoms with Gasteiger partial charge in [0, 0.05) is 6.61 Å². The summed E-state index contributed by atoms with van der Waals surface area (Å²) >= 11 is 0. The van der Waals surface area contributed by atoms with Crippen molar-refractivity contribution in [3.05, 3.63) is 35.4 Å². The maximum absolute atomic E-state index is 6.41. The number of likely N-dealkylation sites (N-methyl/N-ethyl adjacent to an activating group) is 1. The fourth-order valence-corrected chi connectivity index (χ4v) is 3.82. The first-order valence-electron chi connectivity index (χ1n) is 8.66. The second-order valence-electron chi connectivity index (χ2n) is 6.26. The second kappa shape index (κ2) is 7.95. The summed E-state index contributed by atoms with van der Waals surface area (Å²) in [5, 5.41) is 3.74. The third-order valence-electron chi connectivity index (χ3n) is 4.82. The Hall–Kier alpha value is -0.860. The summed E-state index contributed by atoms with van der Waals surface area (Å²) in [6.07, 6.45) is 7.62. The minimum absolute atomic E-state index is 0.0344. The molecule has 1 saturated carbocycles. The molecular weight excluding hydrogens is 258 g/mol. The first-order chi connectivity index (χ1) is 10.2. The van der Waals surface area contributed by atoms with E-state index in [1.54, 1.807) is 0 Å². The number of hydrogen-bond acceptors (Lipinski definition) is 2. The average Bonchev–Trinajstić information content (AvgIpc) is 2.73. The molecule has 1 aromatic rings. The largest absolute Gasteiger partial charge is 0.373 e. The Morgan fingerprint density at radius 1 is 1.10 bits per heavy atom. The van der Waals surface area contributed by atoms with Crippen LogP contribution < -0.4 is 5.32 Å². The van der Waals surface area contributed by atoms with Gasteiger partial charge in [-0.2, -0.15) is 0 Å². The molecule has 0 aromatic heterocycles. The molecule has 1 atom stereocenters. The molecule has 1 aliphatic carbocycles. The SMILES string of the molecule is CCNC(c1ccccc1C)C1(OCC)CCCCCC1. The lowest BCUT2D eigenvalue weighted by Crippen LogP contribution is -2.46. The minimum atomic E-state index is -0.0344. The molecule has 0 bridgehead atoms. The average molecular weight is 289 g/mol. The summed E-state index contributed by atoms with van der Waals surface area (Å²) in [5.41, 5.74) is 2.74. The molecule has 1 aliphatic rings. The highest BCUT2D eigenvalue weighted by Gasteiger charge is 2.40. The van der Waals surface area contributed by atoms with Crippen molar-refractivity contribution in [1.29, 1.82) is 0 Å². The molecule has 0 aliphatic heterocycles. The molecule has 2 nitrogen and oxygen atoms in total. The van der Waals surface area contributed by atoms with Crippen LogP contribution in [0.5, 0.6) is 0 Å². The number of nitrogens with one attached hydrogen (secondary N) is 1. The highest BCUT2D eigenvalue weighted by molar-refractivity contribution is 5.31. The number of hydrogen-bond donors (Lipinski definition) is 1. The third-order valence-corrected chi connectivity index (χ3v) is 4.82. The van der Waals surface area contributed by atoms with Gasteiger partial charge in [0.15, 0.2) is 0 Å². The first kappa shape index (κ1) is 16.5. The van der Waals surface area contributed by atoms with Crippen LogP contribution in [0.3, 0.4) is 0 Å². The van der Waals surface area contributed by atoms with Crippen LogP contribution in [0, 0.1) is 6.92 Å². The van der Waals surface area contributed by atoms with Crippen molar-refractivity contribution in [1.82, 2.24) is 5.32 Å². The van der Waals surface area contributed by atoms with Crippen molar-refractivity contribution in [3.63, 3.8) is 0 Å². The topological polar surface area (TPSA) is 21.3 Å². The van der Waals surface area contributed by atoms with E-state index in [4.69, 9.17) is 4.74 Å². The van der Waals surface area contributed by atoms with Crippen LogP contribution in [-0.2, 0) is 4.74 Å². The third kappa shape index (κ3) is 3.87. The Balaban J connectivity index is 2.38. The van der Waals surface area contributed by atoms with Gasteiger partial charge in [0.2, 0.25) is 0 Å². The van der Waals surface area contributed by atoms with Gasteiger partial charge in [0.25, 0.3) is 0 Å². The lowest BCUT2D eigenvalue weighted by atomic mass is 9.80. The van der Waals surface area contributed by atoms with E-state index >= 15 is 0 Å². The molecule has 0 spiro atoms. The Morgan fingerprint density at radius 2 is 1.76 bits per heavy atom. The van der Waals surface area contributed by atoms with E-state index in [-0.39, 0.29) is 5.60 Å². The summed E-state index contributed by atoms with van der Waals surface area (Å²) in [7, 11) is 0. The maximum atomic E-state index is 6.41. The molecule has 118 valence electrons. The smallest absolute Gasteiger partial charge is 0.0876 e. The van der Waals surface area contributed by atoms with E-state index in [1.807, 2.05) is 0 Å². The van der Waals surface area contributed by atoms with Crippen molar-refractivity contribution in [2.24, 2.45) is 0 Å². The summed E-state index contributed by atoms with van der Waals surface area (Å²) < 4.78 is 6.41. The molecular formula is C19H31NO. The summed E-state index contributed by atoms with van der Waals surface area (Å²) in [5.74, 6) is 0. The van der Waals surface area contributed by atoms with Gasteiger partial charge in [-0.3, -0.25) is 0 Å². The Kier molecular flexibility index (Phi) is 6.25. The number of aryl methyl sites for hydroxylation is 1. The lowest BCUT2D eigenvalue weighted by molar-refractivity contribution is -0.0780. The Bertz CT molecular complexity index is 421. The zero-order chi connectivity index (χ0) is 15.1. The molecule has 1 fully saturated rings. The van der Waals surface area contributed by atoms with Crippen LogP contribution in [0.4, 0.5) is 0 Å². The van der Waals surface area contributed by atoms with E-state index in [0.29, 0.717) is 6.04 Å². The molecule has 2 heteroatoms. The van der Waals surface area contributed by atoms with Gasteiger partial charge < -0.3 is 10.1 Å². The van der Waals surface area contributed by atoms with Crippen LogP contribution in [0.2, 0.25) is 0 Å². The van der Waals surface area contributed by atoms with E-state index < -0.39 is 0 Å². The summed E-state index contributed by atoms with van der Waals surface area (Å²) in [4.78, 5) is 0. The van der Waals surface area contributed by atoms with Crippen molar-refractivity contribution < 1.29 is 4.74 Å². The van der Waals surface area contributed by atoms with Gasteiger partial charge in [-0.05, 0) is 44.4 Å². The fraction of sp³-hybridized carbons (Fsp3) is 0.684. The van der Waals surface area contributed by atoms with Crippen LogP contribution in [-0.4, -0.2) is 18.8 Å². The van der Waals surface area contributed by atoms with Gasteiger partial charge in [-0.15, -0.1) is 0 Å². The van der Waals surface area contributed by atoms with Gasteiger partial charge in [0.1, 0.15) is 0 Å². The standard InChI is InChI=1S/C19H31NO/c1-4-20-18(17-13-9-8-12-16(17)3)19(21-5-2)14-10-6-7-11-15-19/h8-9,12-13,18,20H,4-7,10-11,14-15H2,1-3H3.